The zero-order valence-electron chi connectivity index (χ0n) is 20.8. The van der Waals surface area contributed by atoms with Crippen molar-refractivity contribution in [2.45, 2.75) is 30.7 Å². The number of para-hydroxylation sites is 1. The van der Waals surface area contributed by atoms with Crippen LogP contribution in [0, 0.1) is 5.92 Å². The fraction of sp³-hybridized carbons (Fsp3) is 0.385. The van der Waals surface area contributed by atoms with Gasteiger partial charge in [0.25, 0.3) is 5.56 Å². The maximum Gasteiger partial charge on any atom is 0.258 e. The minimum absolute atomic E-state index is 0.273. The fourth-order valence-corrected chi connectivity index (χ4v) is 6.07. The first kappa shape index (κ1) is 24.9. The van der Waals surface area contributed by atoms with Crippen molar-refractivity contribution in [3.63, 3.8) is 0 Å². The maximum atomic E-state index is 13.4. The molecule has 10 nitrogen and oxygen atoms in total. The van der Waals surface area contributed by atoms with Crippen LogP contribution < -0.4 is 25.5 Å². The summed E-state index contributed by atoms with van der Waals surface area (Å²) in [7, 11) is 3.03. The third-order valence-electron chi connectivity index (χ3n) is 7.02. The molecular weight excluding hydrogens is 496 g/mol. The number of methoxy groups -OCH3 is 2. The van der Waals surface area contributed by atoms with E-state index >= 15 is 0 Å². The first-order chi connectivity index (χ1) is 17.8. The van der Waals surface area contributed by atoms with Crippen molar-refractivity contribution in [3.05, 3.63) is 58.1 Å². The molecule has 3 aromatic rings. The second-order valence-electron chi connectivity index (χ2n) is 9.28. The lowest BCUT2D eigenvalue weighted by Gasteiger charge is -2.52. The maximum absolute atomic E-state index is 13.4. The number of benzene rings is 2. The van der Waals surface area contributed by atoms with E-state index in [9.17, 15) is 14.4 Å². The third-order valence-corrected chi connectivity index (χ3v) is 7.97. The van der Waals surface area contributed by atoms with E-state index in [-0.39, 0.29) is 17.4 Å². The van der Waals surface area contributed by atoms with Gasteiger partial charge in [-0.2, -0.15) is 11.8 Å². The van der Waals surface area contributed by atoms with E-state index in [2.05, 4.69) is 9.97 Å². The number of hydrogen-bond donors (Lipinski definition) is 2. The Bertz CT molecular complexity index is 1440. The molecular formula is C26H28N4O6S. The summed E-state index contributed by atoms with van der Waals surface area (Å²) in [5.74, 6) is 0.871. The van der Waals surface area contributed by atoms with Crippen LogP contribution in [-0.2, 0) is 15.3 Å². The van der Waals surface area contributed by atoms with Gasteiger partial charge >= 0.3 is 0 Å². The molecule has 0 saturated carbocycles. The highest BCUT2D eigenvalue weighted by molar-refractivity contribution is 7.98. The van der Waals surface area contributed by atoms with Gasteiger partial charge in [0.15, 0.2) is 17.2 Å². The highest BCUT2D eigenvalue weighted by Crippen LogP contribution is 2.50. The number of likely N-dealkylation sites (tertiary alicyclic amines) is 1. The summed E-state index contributed by atoms with van der Waals surface area (Å²) in [6.45, 7) is 2.22. The summed E-state index contributed by atoms with van der Waals surface area (Å²) >= 11 is 1.51. The summed E-state index contributed by atoms with van der Waals surface area (Å²) in [4.78, 5) is 47.4. The van der Waals surface area contributed by atoms with E-state index in [4.69, 9.17) is 19.9 Å². The van der Waals surface area contributed by atoms with Crippen molar-refractivity contribution in [1.29, 1.82) is 0 Å². The lowest BCUT2D eigenvalue weighted by Crippen LogP contribution is -2.64. The number of carbonyl (C=O) groups is 2. The van der Waals surface area contributed by atoms with E-state index in [0.717, 1.165) is 5.56 Å². The molecule has 3 N–H and O–H groups in total. The predicted molar refractivity (Wildman–Crippen MR) is 139 cm³/mol. The molecule has 2 amide bonds. The minimum Gasteiger partial charge on any atom is -0.493 e. The van der Waals surface area contributed by atoms with Crippen LogP contribution >= 0.6 is 11.8 Å². The van der Waals surface area contributed by atoms with Crippen molar-refractivity contribution in [2.24, 2.45) is 11.7 Å². The number of rotatable bonds is 8. The van der Waals surface area contributed by atoms with Crippen molar-refractivity contribution in [3.8, 4) is 17.2 Å². The smallest absolute Gasteiger partial charge is 0.258 e. The monoisotopic (exact) mass is 524 g/mol. The molecule has 194 valence electrons. The number of primary amides is 1. The number of aromatic nitrogens is 2. The standard InChI is InChI=1S/C26H28N4O6S/c1-26-12-16(14-6-4-5-7-18(14)36-26)22(23(27)31)25(33)30(26)8-9-37-13-21-28-17-11-20(35-3)19(34-2)10-15(17)24(32)29-21/h4-7,10-11,16,22H,8-9,12-13H2,1-3H3,(H2,27,31)(H,28,29,32)/t16-,22+,26+/m0/s1. The molecule has 11 heteroatoms. The Morgan fingerprint density at radius 2 is 1.97 bits per heavy atom. The topological polar surface area (TPSA) is 137 Å². The Morgan fingerprint density at radius 1 is 1.24 bits per heavy atom. The molecule has 1 saturated heterocycles. The van der Waals surface area contributed by atoms with Gasteiger partial charge in [-0.25, -0.2) is 4.98 Å². The van der Waals surface area contributed by atoms with Crippen LogP contribution in [0.15, 0.2) is 41.2 Å². The summed E-state index contributed by atoms with van der Waals surface area (Å²) < 4.78 is 16.9. The van der Waals surface area contributed by atoms with Crippen LogP contribution in [0.25, 0.3) is 10.9 Å². The molecule has 1 aromatic heterocycles. The number of hydrogen-bond acceptors (Lipinski definition) is 8. The molecule has 1 fully saturated rings. The molecule has 0 aliphatic carbocycles. The summed E-state index contributed by atoms with van der Waals surface area (Å²) in [6, 6.07) is 10.7. The molecule has 3 atom stereocenters. The lowest BCUT2D eigenvalue weighted by atomic mass is 9.73. The summed E-state index contributed by atoms with van der Waals surface area (Å²) in [5, 5.41) is 0.403. The molecule has 5 rings (SSSR count). The number of piperidine rings is 1. The second-order valence-corrected chi connectivity index (χ2v) is 10.4. The molecule has 2 bridgehead atoms. The Kier molecular flexibility index (Phi) is 6.49. The van der Waals surface area contributed by atoms with Gasteiger partial charge in [-0.3, -0.25) is 14.4 Å². The van der Waals surface area contributed by atoms with Crippen LogP contribution in [0.1, 0.15) is 30.7 Å². The normalized spacial score (nSPS) is 22.4. The Balaban J connectivity index is 1.31. The number of fused-ring (bicyclic) bond motifs is 5. The number of nitrogens with zero attached hydrogens (tertiary/aromatic N) is 2. The number of nitrogens with one attached hydrogen (secondary N) is 1. The molecule has 0 radical (unpaired) electrons. The molecule has 3 heterocycles. The van der Waals surface area contributed by atoms with Crippen LogP contribution in [-0.4, -0.2) is 58.9 Å². The molecule has 2 aromatic carbocycles. The van der Waals surface area contributed by atoms with Crippen LogP contribution in [0.5, 0.6) is 17.2 Å². The van der Waals surface area contributed by atoms with Gasteiger partial charge in [0.05, 0.1) is 30.9 Å². The zero-order chi connectivity index (χ0) is 26.3. The lowest BCUT2D eigenvalue weighted by molar-refractivity contribution is -0.174. The molecule has 2 aliphatic rings. The van der Waals surface area contributed by atoms with E-state index in [1.165, 1.54) is 26.0 Å². The number of ether oxygens (including phenoxy) is 3. The van der Waals surface area contributed by atoms with Crippen molar-refractivity contribution in [2.75, 3.05) is 26.5 Å². The number of amides is 2. The van der Waals surface area contributed by atoms with Gasteiger partial charge in [0.1, 0.15) is 17.5 Å². The van der Waals surface area contributed by atoms with E-state index in [1.54, 1.807) is 17.0 Å². The van der Waals surface area contributed by atoms with Gasteiger partial charge in [-0.15, -0.1) is 0 Å². The Morgan fingerprint density at radius 3 is 2.70 bits per heavy atom. The number of thioether (sulfide) groups is 1. The number of nitrogens with two attached hydrogens (primary N) is 1. The average Bonchev–Trinajstić information content (AvgIpc) is 2.87. The SMILES string of the molecule is COc1cc2nc(CSCCN3C(=O)[C@@H](C(N)=O)[C@H]4C[C@@]3(C)Oc3ccccc34)[nH]c(=O)c2cc1OC. The van der Waals surface area contributed by atoms with Gasteiger partial charge in [0, 0.05) is 30.7 Å². The first-order valence-corrected chi connectivity index (χ1v) is 13.0. The van der Waals surface area contributed by atoms with Crippen molar-refractivity contribution >= 4 is 34.5 Å². The summed E-state index contributed by atoms with van der Waals surface area (Å²) in [6.07, 6.45) is 0.485. The van der Waals surface area contributed by atoms with Gasteiger partial charge in [-0.1, -0.05) is 18.2 Å². The highest BCUT2D eigenvalue weighted by atomic mass is 32.2. The van der Waals surface area contributed by atoms with Gasteiger partial charge in [-0.05, 0) is 24.6 Å². The van der Waals surface area contributed by atoms with Gasteiger partial charge < -0.3 is 29.8 Å². The Hall–Kier alpha value is -3.73. The van der Waals surface area contributed by atoms with Crippen LogP contribution in [0.2, 0.25) is 0 Å². The molecule has 2 aliphatic heterocycles. The quantitative estimate of drug-likeness (QED) is 0.339. The van der Waals surface area contributed by atoms with E-state index in [0.29, 0.717) is 58.4 Å². The molecule has 37 heavy (non-hydrogen) atoms. The number of carbonyl (C=O) groups excluding carboxylic acids is 2. The number of aromatic amines is 1. The van der Waals surface area contributed by atoms with Crippen molar-refractivity contribution < 1.29 is 23.8 Å². The van der Waals surface area contributed by atoms with Gasteiger partial charge in [0.2, 0.25) is 11.8 Å². The minimum atomic E-state index is -0.936. The Labute approximate surface area is 217 Å². The highest BCUT2D eigenvalue weighted by Gasteiger charge is 2.55. The largest absolute Gasteiger partial charge is 0.493 e. The van der Waals surface area contributed by atoms with Crippen LogP contribution in [0.4, 0.5) is 0 Å². The first-order valence-electron chi connectivity index (χ1n) is 11.9. The van der Waals surface area contributed by atoms with Crippen LogP contribution in [0.3, 0.4) is 0 Å². The van der Waals surface area contributed by atoms with Crippen molar-refractivity contribution in [1.82, 2.24) is 14.9 Å². The zero-order valence-corrected chi connectivity index (χ0v) is 21.6. The number of H-pyrrole nitrogens is 1. The third kappa shape index (κ3) is 4.37. The van der Waals surface area contributed by atoms with E-state index < -0.39 is 17.6 Å². The molecule has 0 spiro atoms. The average molecular weight is 525 g/mol. The van der Waals surface area contributed by atoms with E-state index in [1.807, 2.05) is 31.2 Å². The summed E-state index contributed by atoms with van der Waals surface area (Å²) in [5.41, 5.74) is 5.88. The predicted octanol–water partition coefficient (Wildman–Crippen LogP) is 2.40. The second kappa shape index (κ2) is 9.62. The molecule has 0 unspecified atom stereocenters. The fourth-order valence-electron chi connectivity index (χ4n) is 5.29.